The van der Waals surface area contributed by atoms with Gasteiger partial charge in [0.15, 0.2) is 0 Å². The van der Waals surface area contributed by atoms with Gasteiger partial charge in [0.2, 0.25) is 0 Å². The van der Waals surface area contributed by atoms with E-state index >= 15 is 0 Å². The number of anilines is 1. The zero-order valence-corrected chi connectivity index (χ0v) is 15.3. The van der Waals surface area contributed by atoms with Gasteiger partial charge in [-0.1, -0.05) is 30.3 Å². The van der Waals surface area contributed by atoms with Crippen LogP contribution in [0.15, 0.2) is 54.0 Å². The molecule has 4 heteroatoms. The number of thiazole rings is 1. The monoisotopic (exact) mass is 345 g/mol. The Balaban J connectivity index is 1.86. The van der Waals surface area contributed by atoms with E-state index in [1.165, 1.54) is 22.5 Å². The zero-order valence-electron chi connectivity index (χ0n) is 14.5. The summed E-state index contributed by atoms with van der Waals surface area (Å²) in [6.07, 6.45) is 1.73. The largest absolute Gasteiger partial charge is 0.360 e. The third-order valence-corrected chi connectivity index (χ3v) is 5.05. The van der Waals surface area contributed by atoms with Crippen LogP contribution in [0.4, 0.5) is 5.69 Å². The standard InChI is InChI=1S/C21H19N3S/c1-14-8-9-17(10-16(14)3)20-13-25-21(24-20)18(11-22)12-23-19-7-5-4-6-15(19)2/h4-10,12-13,23H,1-3H3/b18-12+. The number of hydrogen-bond donors (Lipinski definition) is 1. The fraction of sp³-hybridized carbons (Fsp3) is 0.143. The molecule has 3 rings (SSSR count). The van der Waals surface area contributed by atoms with E-state index in [1.807, 2.05) is 36.6 Å². The molecule has 0 amide bonds. The van der Waals surface area contributed by atoms with Gasteiger partial charge in [-0.05, 0) is 49.6 Å². The van der Waals surface area contributed by atoms with Crippen LogP contribution in [0.25, 0.3) is 16.8 Å². The van der Waals surface area contributed by atoms with Gasteiger partial charge in [0, 0.05) is 22.8 Å². The summed E-state index contributed by atoms with van der Waals surface area (Å²) in [5.41, 5.74) is 7.13. The van der Waals surface area contributed by atoms with Crippen LogP contribution in [0, 0.1) is 32.1 Å². The predicted molar refractivity (Wildman–Crippen MR) is 105 cm³/mol. The van der Waals surface area contributed by atoms with Gasteiger partial charge in [-0.15, -0.1) is 11.3 Å². The molecule has 3 aromatic rings. The average Bonchev–Trinajstić information content (AvgIpc) is 3.09. The molecule has 0 fully saturated rings. The van der Waals surface area contributed by atoms with E-state index in [-0.39, 0.29) is 0 Å². The number of rotatable bonds is 4. The van der Waals surface area contributed by atoms with Crippen LogP contribution in [0.3, 0.4) is 0 Å². The second-order valence-corrected chi connectivity index (χ2v) is 6.82. The van der Waals surface area contributed by atoms with Crippen LogP contribution in [-0.4, -0.2) is 4.98 Å². The first-order valence-corrected chi connectivity index (χ1v) is 8.92. The molecule has 1 N–H and O–H groups in total. The van der Waals surface area contributed by atoms with E-state index in [4.69, 9.17) is 0 Å². The first kappa shape index (κ1) is 16.9. The molecular weight excluding hydrogens is 326 g/mol. The molecule has 0 radical (unpaired) electrons. The highest BCUT2D eigenvalue weighted by atomic mass is 32.1. The summed E-state index contributed by atoms with van der Waals surface area (Å²) in [5.74, 6) is 0. The van der Waals surface area contributed by atoms with E-state index in [0.717, 1.165) is 27.5 Å². The van der Waals surface area contributed by atoms with Crippen molar-refractivity contribution in [2.24, 2.45) is 0 Å². The summed E-state index contributed by atoms with van der Waals surface area (Å²) in [4.78, 5) is 4.64. The smallest absolute Gasteiger partial charge is 0.136 e. The highest BCUT2D eigenvalue weighted by Crippen LogP contribution is 2.27. The summed E-state index contributed by atoms with van der Waals surface area (Å²) in [6.45, 7) is 6.22. The van der Waals surface area contributed by atoms with Crippen molar-refractivity contribution in [2.45, 2.75) is 20.8 Å². The Kier molecular flexibility index (Phi) is 4.97. The van der Waals surface area contributed by atoms with E-state index in [0.29, 0.717) is 5.57 Å². The summed E-state index contributed by atoms with van der Waals surface area (Å²) < 4.78 is 0. The zero-order chi connectivity index (χ0) is 17.8. The lowest BCUT2D eigenvalue weighted by molar-refractivity contribution is 1.31. The SMILES string of the molecule is Cc1ccc(-c2csc(/C(C#N)=C/Nc3ccccc3C)n2)cc1C. The molecule has 2 aromatic carbocycles. The summed E-state index contributed by atoms with van der Waals surface area (Å²) in [6, 6.07) is 16.5. The van der Waals surface area contributed by atoms with Gasteiger partial charge in [-0.2, -0.15) is 5.26 Å². The number of nitriles is 1. The van der Waals surface area contributed by atoms with Crippen LogP contribution in [0.5, 0.6) is 0 Å². The van der Waals surface area contributed by atoms with Gasteiger partial charge < -0.3 is 5.32 Å². The summed E-state index contributed by atoms with van der Waals surface area (Å²) in [5, 5.41) is 15.4. The number of para-hydroxylation sites is 1. The van der Waals surface area contributed by atoms with Crippen molar-refractivity contribution < 1.29 is 0 Å². The quantitative estimate of drug-likeness (QED) is 0.616. The number of aryl methyl sites for hydroxylation is 3. The molecule has 0 spiro atoms. The Bertz CT molecular complexity index is 977. The first-order valence-electron chi connectivity index (χ1n) is 8.04. The van der Waals surface area contributed by atoms with Gasteiger partial charge in [-0.25, -0.2) is 4.98 Å². The minimum atomic E-state index is 0.531. The van der Waals surface area contributed by atoms with Crippen molar-refractivity contribution in [1.82, 2.24) is 4.98 Å². The number of nitrogens with zero attached hydrogens (tertiary/aromatic N) is 2. The molecule has 0 aliphatic carbocycles. The molecule has 0 atom stereocenters. The van der Waals surface area contributed by atoms with Gasteiger partial charge in [0.1, 0.15) is 16.6 Å². The van der Waals surface area contributed by atoms with Crippen LogP contribution >= 0.6 is 11.3 Å². The summed E-state index contributed by atoms with van der Waals surface area (Å²) >= 11 is 1.48. The number of hydrogen-bond acceptors (Lipinski definition) is 4. The maximum atomic E-state index is 9.50. The molecule has 0 unspecified atom stereocenters. The van der Waals surface area contributed by atoms with E-state index < -0.39 is 0 Å². The molecule has 0 bridgehead atoms. The molecule has 0 aliphatic rings. The number of aromatic nitrogens is 1. The molecule has 0 aliphatic heterocycles. The van der Waals surface area contributed by atoms with Crippen LogP contribution in [0.1, 0.15) is 21.7 Å². The maximum Gasteiger partial charge on any atom is 0.136 e. The highest BCUT2D eigenvalue weighted by molar-refractivity contribution is 7.11. The van der Waals surface area contributed by atoms with E-state index in [2.05, 4.69) is 48.4 Å². The Labute approximate surface area is 152 Å². The molecule has 3 nitrogen and oxygen atoms in total. The second-order valence-electron chi connectivity index (χ2n) is 5.97. The topological polar surface area (TPSA) is 48.7 Å². The Hall–Kier alpha value is -2.90. The number of benzene rings is 2. The average molecular weight is 345 g/mol. The lowest BCUT2D eigenvalue weighted by Gasteiger charge is -2.05. The van der Waals surface area contributed by atoms with Crippen molar-refractivity contribution in [3.05, 3.63) is 75.7 Å². The second kappa shape index (κ2) is 7.33. The fourth-order valence-corrected chi connectivity index (χ4v) is 3.25. The Morgan fingerprint density at radius 2 is 1.88 bits per heavy atom. The van der Waals surface area contributed by atoms with Crippen molar-refractivity contribution >= 4 is 22.6 Å². The highest BCUT2D eigenvalue weighted by Gasteiger charge is 2.09. The van der Waals surface area contributed by atoms with Gasteiger partial charge in [0.05, 0.1) is 5.69 Å². The molecule has 1 heterocycles. The molecule has 0 saturated carbocycles. The minimum Gasteiger partial charge on any atom is -0.360 e. The third kappa shape index (κ3) is 3.78. The molecule has 124 valence electrons. The van der Waals surface area contributed by atoms with Crippen molar-refractivity contribution in [1.29, 1.82) is 5.26 Å². The fourth-order valence-electron chi connectivity index (χ4n) is 2.46. The summed E-state index contributed by atoms with van der Waals surface area (Å²) in [7, 11) is 0. The van der Waals surface area contributed by atoms with Gasteiger partial charge in [0.25, 0.3) is 0 Å². The van der Waals surface area contributed by atoms with E-state index in [1.54, 1.807) is 6.20 Å². The lowest BCUT2D eigenvalue weighted by atomic mass is 10.1. The van der Waals surface area contributed by atoms with Crippen molar-refractivity contribution in [2.75, 3.05) is 5.32 Å². The van der Waals surface area contributed by atoms with Crippen LogP contribution < -0.4 is 5.32 Å². The van der Waals surface area contributed by atoms with E-state index in [9.17, 15) is 5.26 Å². The minimum absolute atomic E-state index is 0.531. The van der Waals surface area contributed by atoms with Crippen molar-refractivity contribution in [3.8, 4) is 17.3 Å². The molecule has 0 saturated heterocycles. The molecule has 25 heavy (non-hydrogen) atoms. The number of nitrogens with one attached hydrogen (secondary N) is 1. The van der Waals surface area contributed by atoms with Crippen LogP contribution in [-0.2, 0) is 0 Å². The Morgan fingerprint density at radius 3 is 2.60 bits per heavy atom. The third-order valence-electron chi connectivity index (χ3n) is 4.17. The van der Waals surface area contributed by atoms with Gasteiger partial charge >= 0.3 is 0 Å². The molecular formula is C21H19N3S. The molecule has 1 aromatic heterocycles. The Morgan fingerprint density at radius 1 is 1.08 bits per heavy atom. The number of allylic oxidation sites excluding steroid dienone is 1. The normalized spacial score (nSPS) is 11.2. The van der Waals surface area contributed by atoms with Gasteiger partial charge in [-0.3, -0.25) is 0 Å². The van der Waals surface area contributed by atoms with Crippen molar-refractivity contribution in [3.63, 3.8) is 0 Å². The predicted octanol–water partition coefficient (Wildman–Crippen LogP) is 5.71. The first-order chi connectivity index (χ1) is 12.1. The maximum absolute atomic E-state index is 9.50. The lowest BCUT2D eigenvalue weighted by Crippen LogP contribution is -1.93. The van der Waals surface area contributed by atoms with Crippen LogP contribution in [0.2, 0.25) is 0 Å².